The van der Waals surface area contributed by atoms with Gasteiger partial charge in [0.05, 0.1) is 0 Å². The molecule has 2 heterocycles. The number of rotatable bonds is 3. The Labute approximate surface area is 124 Å². The zero-order chi connectivity index (χ0) is 14.8. The number of hydrogen-bond donors (Lipinski definition) is 1. The van der Waals surface area contributed by atoms with Gasteiger partial charge in [0, 0.05) is 30.0 Å². The highest BCUT2D eigenvalue weighted by molar-refractivity contribution is 6.08. The predicted octanol–water partition coefficient (Wildman–Crippen LogP) is 3.10. The molecule has 0 fully saturated rings. The first-order chi connectivity index (χ1) is 10.2. The van der Waals surface area contributed by atoms with Crippen LogP contribution in [-0.2, 0) is 6.42 Å². The fraction of sp³-hybridized carbons (Fsp3) is 0.294. The van der Waals surface area contributed by atoms with E-state index in [0.29, 0.717) is 5.56 Å². The molecule has 3 rings (SSSR count). The van der Waals surface area contributed by atoms with Crippen LogP contribution in [0.1, 0.15) is 29.8 Å². The van der Waals surface area contributed by atoms with Crippen molar-refractivity contribution in [1.82, 2.24) is 4.98 Å². The van der Waals surface area contributed by atoms with Crippen molar-refractivity contribution in [2.75, 3.05) is 16.8 Å². The Morgan fingerprint density at radius 3 is 3.00 bits per heavy atom. The third-order valence-corrected chi connectivity index (χ3v) is 3.79. The number of hydrogen-bond acceptors (Lipinski definition) is 3. The van der Waals surface area contributed by atoms with Crippen molar-refractivity contribution >= 4 is 17.4 Å². The molecule has 1 aromatic heterocycles. The van der Waals surface area contributed by atoms with Crippen LogP contribution in [0.2, 0.25) is 0 Å². The van der Waals surface area contributed by atoms with E-state index in [9.17, 15) is 4.79 Å². The van der Waals surface area contributed by atoms with Gasteiger partial charge in [-0.05, 0) is 44.0 Å². The van der Waals surface area contributed by atoms with E-state index in [1.807, 2.05) is 36.1 Å². The summed E-state index contributed by atoms with van der Waals surface area (Å²) >= 11 is 0. The molecule has 108 valence electrons. The molecule has 1 amide bonds. The maximum absolute atomic E-state index is 12.8. The van der Waals surface area contributed by atoms with Gasteiger partial charge in [0.25, 0.3) is 5.91 Å². The number of aromatic nitrogens is 1. The molecule has 4 heteroatoms. The number of para-hydroxylation sites is 1. The van der Waals surface area contributed by atoms with E-state index in [1.165, 1.54) is 5.56 Å². The lowest BCUT2D eigenvalue weighted by molar-refractivity contribution is 0.0981. The van der Waals surface area contributed by atoms with Crippen molar-refractivity contribution < 1.29 is 4.79 Å². The number of benzene rings is 1. The molecule has 0 aliphatic carbocycles. The average molecular weight is 281 g/mol. The molecule has 0 bridgehead atoms. The minimum atomic E-state index is 0.0361. The molecule has 0 spiro atoms. The van der Waals surface area contributed by atoms with E-state index in [-0.39, 0.29) is 11.9 Å². The molecule has 1 aromatic carbocycles. The normalized spacial score (nSPS) is 16.7. The number of amides is 1. The minimum Gasteiger partial charge on any atom is -0.370 e. The van der Waals surface area contributed by atoms with Gasteiger partial charge in [0.15, 0.2) is 0 Å². The van der Waals surface area contributed by atoms with Crippen molar-refractivity contribution in [2.24, 2.45) is 0 Å². The molecule has 1 N–H and O–H groups in total. The van der Waals surface area contributed by atoms with Crippen LogP contribution in [0.25, 0.3) is 0 Å². The standard InChI is InChI=1S/C17H19N3O/c1-3-18-16-11-14(8-9-19-16)17(21)20-12(2)10-13-6-4-5-7-15(13)20/h4-9,11-12H,3,10H2,1-2H3,(H,18,19). The number of fused-ring (bicyclic) bond motifs is 1. The van der Waals surface area contributed by atoms with E-state index in [1.54, 1.807) is 12.3 Å². The fourth-order valence-electron chi connectivity index (χ4n) is 2.86. The quantitative estimate of drug-likeness (QED) is 0.940. The Morgan fingerprint density at radius 1 is 1.38 bits per heavy atom. The SMILES string of the molecule is CCNc1cc(C(=O)N2c3ccccc3CC2C)ccn1. The van der Waals surface area contributed by atoms with Gasteiger partial charge >= 0.3 is 0 Å². The zero-order valence-electron chi connectivity index (χ0n) is 12.3. The summed E-state index contributed by atoms with van der Waals surface area (Å²) in [5, 5.41) is 3.14. The molecule has 2 aromatic rings. The molecule has 0 saturated heterocycles. The highest BCUT2D eigenvalue weighted by atomic mass is 16.2. The van der Waals surface area contributed by atoms with Crippen LogP contribution in [0.4, 0.5) is 11.5 Å². The third-order valence-electron chi connectivity index (χ3n) is 3.79. The Bertz CT molecular complexity index is 669. The lowest BCUT2D eigenvalue weighted by Gasteiger charge is -2.23. The molecule has 1 aliphatic heterocycles. The molecule has 4 nitrogen and oxygen atoms in total. The topological polar surface area (TPSA) is 45.2 Å². The highest BCUT2D eigenvalue weighted by Crippen LogP contribution is 2.33. The number of anilines is 2. The summed E-state index contributed by atoms with van der Waals surface area (Å²) in [6.45, 7) is 4.88. The molecular weight excluding hydrogens is 262 g/mol. The van der Waals surface area contributed by atoms with Gasteiger partial charge < -0.3 is 10.2 Å². The van der Waals surface area contributed by atoms with Crippen LogP contribution in [0.3, 0.4) is 0 Å². The largest absolute Gasteiger partial charge is 0.370 e. The van der Waals surface area contributed by atoms with Gasteiger partial charge in [-0.1, -0.05) is 18.2 Å². The second-order valence-electron chi connectivity index (χ2n) is 5.32. The molecule has 1 atom stereocenters. The summed E-state index contributed by atoms with van der Waals surface area (Å²) < 4.78 is 0. The smallest absolute Gasteiger partial charge is 0.258 e. The molecule has 1 aliphatic rings. The van der Waals surface area contributed by atoms with Crippen LogP contribution >= 0.6 is 0 Å². The van der Waals surface area contributed by atoms with Gasteiger partial charge in [0.2, 0.25) is 0 Å². The van der Waals surface area contributed by atoms with Crippen LogP contribution < -0.4 is 10.2 Å². The number of carbonyl (C=O) groups excluding carboxylic acids is 1. The Hall–Kier alpha value is -2.36. The lowest BCUT2D eigenvalue weighted by atomic mass is 10.1. The van der Waals surface area contributed by atoms with Crippen molar-refractivity contribution in [2.45, 2.75) is 26.3 Å². The molecular formula is C17H19N3O. The van der Waals surface area contributed by atoms with E-state index < -0.39 is 0 Å². The van der Waals surface area contributed by atoms with Gasteiger partial charge in [-0.2, -0.15) is 0 Å². The monoisotopic (exact) mass is 281 g/mol. The molecule has 0 radical (unpaired) electrons. The van der Waals surface area contributed by atoms with E-state index >= 15 is 0 Å². The highest BCUT2D eigenvalue weighted by Gasteiger charge is 2.31. The van der Waals surface area contributed by atoms with Crippen LogP contribution in [-0.4, -0.2) is 23.5 Å². The van der Waals surface area contributed by atoms with Gasteiger partial charge in [-0.15, -0.1) is 0 Å². The Kier molecular flexibility index (Phi) is 3.60. The van der Waals surface area contributed by atoms with E-state index in [0.717, 1.165) is 24.5 Å². The average Bonchev–Trinajstić information content (AvgIpc) is 2.83. The number of nitrogens with one attached hydrogen (secondary N) is 1. The minimum absolute atomic E-state index is 0.0361. The van der Waals surface area contributed by atoms with Gasteiger partial charge in [0.1, 0.15) is 5.82 Å². The van der Waals surface area contributed by atoms with Crippen LogP contribution in [0.15, 0.2) is 42.6 Å². The summed E-state index contributed by atoms with van der Waals surface area (Å²) in [6, 6.07) is 11.9. The van der Waals surface area contributed by atoms with E-state index in [4.69, 9.17) is 0 Å². The second-order valence-corrected chi connectivity index (χ2v) is 5.32. The Balaban J connectivity index is 1.93. The Morgan fingerprint density at radius 2 is 2.19 bits per heavy atom. The lowest BCUT2D eigenvalue weighted by Crippen LogP contribution is -2.35. The van der Waals surface area contributed by atoms with E-state index in [2.05, 4.69) is 23.3 Å². The number of nitrogens with zero attached hydrogens (tertiary/aromatic N) is 2. The summed E-state index contributed by atoms with van der Waals surface area (Å²) in [5.74, 6) is 0.775. The first kappa shape index (κ1) is 13.6. The van der Waals surface area contributed by atoms with Crippen molar-refractivity contribution in [1.29, 1.82) is 0 Å². The van der Waals surface area contributed by atoms with Crippen molar-refractivity contribution in [3.8, 4) is 0 Å². The molecule has 21 heavy (non-hydrogen) atoms. The maximum atomic E-state index is 12.8. The number of pyridine rings is 1. The first-order valence-corrected chi connectivity index (χ1v) is 7.32. The van der Waals surface area contributed by atoms with Crippen molar-refractivity contribution in [3.05, 3.63) is 53.7 Å². The van der Waals surface area contributed by atoms with Gasteiger partial charge in [-0.25, -0.2) is 4.98 Å². The zero-order valence-corrected chi connectivity index (χ0v) is 12.3. The van der Waals surface area contributed by atoms with Gasteiger partial charge in [-0.3, -0.25) is 4.79 Å². The fourth-order valence-corrected chi connectivity index (χ4v) is 2.86. The van der Waals surface area contributed by atoms with Crippen LogP contribution in [0.5, 0.6) is 0 Å². The van der Waals surface area contributed by atoms with Crippen molar-refractivity contribution in [3.63, 3.8) is 0 Å². The predicted molar refractivity (Wildman–Crippen MR) is 84.8 cm³/mol. The maximum Gasteiger partial charge on any atom is 0.258 e. The third kappa shape index (κ3) is 2.49. The van der Waals surface area contributed by atoms with Crippen LogP contribution in [0, 0.1) is 0 Å². The second kappa shape index (κ2) is 5.56. The molecule has 0 saturated carbocycles. The summed E-state index contributed by atoms with van der Waals surface area (Å²) in [6.07, 6.45) is 2.59. The summed E-state index contributed by atoms with van der Waals surface area (Å²) in [7, 11) is 0. The summed E-state index contributed by atoms with van der Waals surface area (Å²) in [4.78, 5) is 19.0. The summed E-state index contributed by atoms with van der Waals surface area (Å²) in [5.41, 5.74) is 2.93. The number of carbonyl (C=O) groups is 1. The first-order valence-electron chi connectivity index (χ1n) is 7.32. The molecule has 1 unspecified atom stereocenters.